The first kappa shape index (κ1) is 24.8. The standard InChI is InChI=1S/C16H14Cl2F3NO4.CH3I/c1-14(12(23)24)4-8(22)5-15(6-14,13(25)26)11-9(17)2-7(3-10(11)18)16(19,20)21;1-2/h2-3,5H,4,6,22H2,1H3,(H,23,24)(H,25,26);1H3. The molecule has 1 aliphatic rings. The third-order valence-corrected chi connectivity index (χ3v) is 5.00. The normalized spacial score (nSPS) is 24.6. The van der Waals surface area contributed by atoms with E-state index in [0.717, 1.165) is 6.08 Å². The molecular formula is C17H17Cl2F3INO4. The maximum absolute atomic E-state index is 12.9. The summed E-state index contributed by atoms with van der Waals surface area (Å²) in [4.78, 5) is 25.7. The number of benzene rings is 1. The van der Waals surface area contributed by atoms with Crippen LogP contribution in [-0.4, -0.2) is 27.1 Å². The lowest BCUT2D eigenvalue weighted by molar-refractivity contribution is -0.152. The fourth-order valence-corrected chi connectivity index (χ4v) is 4.09. The van der Waals surface area contributed by atoms with E-state index in [9.17, 15) is 33.0 Å². The summed E-state index contributed by atoms with van der Waals surface area (Å²) in [5, 5.41) is 18.2. The molecular weight excluding hydrogens is 537 g/mol. The van der Waals surface area contributed by atoms with Gasteiger partial charge in [0.1, 0.15) is 5.41 Å². The Morgan fingerprint density at radius 1 is 1.14 bits per heavy atom. The first-order valence-electron chi connectivity index (χ1n) is 7.61. The molecule has 0 radical (unpaired) electrons. The Bertz CT molecular complexity index is 808. The monoisotopic (exact) mass is 553 g/mol. The Labute approximate surface area is 182 Å². The van der Waals surface area contributed by atoms with Crippen LogP contribution in [-0.2, 0) is 21.2 Å². The van der Waals surface area contributed by atoms with Crippen LogP contribution in [0.5, 0.6) is 0 Å². The molecule has 28 heavy (non-hydrogen) atoms. The molecule has 0 bridgehead atoms. The number of allylic oxidation sites excluding steroid dienone is 1. The molecule has 0 fully saturated rings. The SMILES string of the molecule is CC1(C(=O)O)CC(N)=CC(C(=O)O)(c2c(Cl)cc(C(F)(F)F)cc2Cl)C1.CI. The average molecular weight is 554 g/mol. The summed E-state index contributed by atoms with van der Waals surface area (Å²) in [7, 11) is 0. The number of halogens is 6. The van der Waals surface area contributed by atoms with E-state index in [-0.39, 0.29) is 17.7 Å². The van der Waals surface area contributed by atoms with Crippen molar-refractivity contribution in [3.8, 4) is 0 Å². The second kappa shape index (κ2) is 8.66. The van der Waals surface area contributed by atoms with Crippen molar-refractivity contribution in [2.45, 2.75) is 31.4 Å². The van der Waals surface area contributed by atoms with Gasteiger partial charge in [0.15, 0.2) is 0 Å². The van der Waals surface area contributed by atoms with Gasteiger partial charge in [0.05, 0.1) is 11.0 Å². The molecule has 0 spiro atoms. The average Bonchev–Trinajstić information content (AvgIpc) is 2.54. The molecule has 4 N–H and O–H groups in total. The molecule has 0 heterocycles. The Hall–Kier alpha value is -1.20. The number of alkyl halides is 4. The number of hydrogen-bond donors (Lipinski definition) is 3. The highest BCUT2D eigenvalue weighted by atomic mass is 127. The van der Waals surface area contributed by atoms with Gasteiger partial charge in [-0.15, -0.1) is 0 Å². The molecule has 1 aromatic rings. The fraction of sp³-hybridized carbons (Fsp3) is 0.412. The van der Waals surface area contributed by atoms with E-state index in [0.29, 0.717) is 12.1 Å². The van der Waals surface area contributed by atoms with Gasteiger partial charge < -0.3 is 15.9 Å². The van der Waals surface area contributed by atoms with Crippen molar-refractivity contribution < 1.29 is 33.0 Å². The van der Waals surface area contributed by atoms with Gasteiger partial charge in [-0.1, -0.05) is 45.8 Å². The number of nitrogens with two attached hydrogens (primary N) is 1. The van der Waals surface area contributed by atoms with Crippen LogP contribution in [0, 0.1) is 5.41 Å². The van der Waals surface area contributed by atoms with Crippen molar-refractivity contribution >= 4 is 57.7 Å². The molecule has 11 heteroatoms. The second-order valence-electron chi connectivity index (χ2n) is 6.53. The fourth-order valence-electron chi connectivity index (χ4n) is 3.27. The zero-order chi connectivity index (χ0) is 22.1. The van der Waals surface area contributed by atoms with Crippen LogP contribution in [0.25, 0.3) is 0 Å². The van der Waals surface area contributed by atoms with Gasteiger partial charge >= 0.3 is 18.1 Å². The maximum Gasteiger partial charge on any atom is 0.416 e. The van der Waals surface area contributed by atoms with E-state index in [4.69, 9.17) is 28.9 Å². The Morgan fingerprint density at radius 3 is 1.96 bits per heavy atom. The molecule has 0 saturated heterocycles. The van der Waals surface area contributed by atoms with E-state index >= 15 is 0 Å². The maximum atomic E-state index is 12.9. The molecule has 0 aromatic heterocycles. The molecule has 0 saturated carbocycles. The van der Waals surface area contributed by atoms with Gasteiger partial charge in [0, 0.05) is 27.7 Å². The smallest absolute Gasteiger partial charge is 0.416 e. The quantitative estimate of drug-likeness (QED) is 0.356. The summed E-state index contributed by atoms with van der Waals surface area (Å²) in [6, 6.07) is 1.12. The number of hydrogen-bond acceptors (Lipinski definition) is 3. The third-order valence-electron chi connectivity index (χ3n) is 4.41. The topological polar surface area (TPSA) is 101 Å². The molecule has 1 aromatic carbocycles. The van der Waals surface area contributed by atoms with E-state index in [1.54, 1.807) is 0 Å². The minimum atomic E-state index is -4.74. The van der Waals surface area contributed by atoms with Gasteiger partial charge in [0.2, 0.25) is 0 Å². The zero-order valence-corrected chi connectivity index (χ0v) is 18.4. The van der Waals surface area contributed by atoms with Gasteiger partial charge in [-0.3, -0.25) is 9.59 Å². The Morgan fingerprint density at radius 2 is 1.61 bits per heavy atom. The molecule has 156 valence electrons. The minimum Gasteiger partial charge on any atom is -0.481 e. The minimum absolute atomic E-state index is 0.0319. The van der Waals surface area contributed by atoms with Crippen molar-refractivity contribution in [3.05, 3.63) is 45.1 Å². The summed E-state index contributed by atoms with van der Waals surface area (Å²) >= 11 is 14.1. The van der Waals surface area contributed by atoms with Gasteiger partial charge in [-0.2, -0.15) is 13.2 Å². The van der Waals surface area contributed by atoms with Gasteiger partial charge in [-0.25, -0.2) is 0 Å². The van der Waals surface area contributed by atoms with E-state index in [1.807, 2.05) is 4.93 Å². The zero-order valence-electron chi connectivity index (χ0n) is 14.7. The van der Waals surface area contributed by atoms with Crippen LogP contribution in [0.2, 0.25) is 10.0 Å². The van der Waals surface area contributed by atoms with Crippen LogP contribution in [0.3, 0.4) is 0 Å². The largest absolute Gasteiger partial charge is 0.481 e. The summed E-state index contributed by atoms with van der Waals surface area (Å²) in [6.45, 7) is 1.30. The predicted molar refractivity (Wildman–Crippen MR) is 108 cm³/mol. The van der Waals surface area contributed by atoms with Crippen LogP contribution in [0.4, 0.5) is 13.2 Å². The number of carboxylic acid groups (broad SMARTS) is 2. The van der Waals surface area contributed by atoms with Crippen LogP contribution >= 0.6 is 45.8 Å². The summed E-state index contributed by atoms with van der Waals surface area (Å²) in [5.74, 6) is -2.81. The van der Waals surface area contributed by atoms with Crippen molar-refractivity contribution in [1.82, 2.24) is 0 Å². The molecule has 1 aliphatic carbocycles. The first-order valence-corrected chi connectivity index (χ1v) is 10.5. The summed E-state index contributed by atoms with van der Waals surface area (Å²) in [5.41, 5.74) is 0.626. The van der Waals surface area contributed by atoms with Crippen molar-refractivity contribution in [2.75, 3.05) is 4.93 Å². The number of carboxylic acids is 2. The molecule has 2 atom stereocenters. The highest BCUT2D eigenvalue weighted by Gasteiger charge is 2.53. The van der Waals surface area contributed by atoms with Crippen LogP contribution < -0.4 is 5.73 Å². The summed E-state index contributed by atoms with van der Waals surface area (Å²) < 4.78 is 38.8. The van der Waals surface area contributed by atoms with Crippen LogP contribution in [0.15, 0.2) is 23.9 Å². The lowest BCUT2D eigenvalue weighted by atomic mass is 9.62. The van der Waals surface area contributed by atoms with Gasteiger partial charge in [-0.05, 0) is 36.5 Å². The summed E-state index contributed by atoms with van der Waals surface area (Å²) in [6.07, 6.45) is -4.23. The lowest BCUT2D eigenvalue weighted by Crippen LogP contribution is -2.47. The number of aliphatic carboxylic acids is 2. The predicted octanol–water partition coefficient (Wildman–Crippen LogP) is 5.11. The van der Waals surface area contributed by atoms with Crippen LogP contribution in [0.1, 0.15) is 30.9 Å². The molecule has 2 rings (SSSR count). The van der Waals surface area contributed by atoms with E-state index in [1.165, 1.54) is 6.92 Å². The number of rotatable bonds is 3. The Kier molecular flexibility index (Phi) is 7.68. The second-order valence-corrected chi connectivity index (χ2v) is 7.34. The van der Waals surface area contributed by atoms with E-state index < -0.39 is 51.0 Å². The lowest BCUT2D eigenvalue weighted by Gasteiger charge is -2.40. The third kappa shape index (κ3) is 4.68. The Balaban J connectivity index is 0.00000190. The first-order chi connectivity index (χ1) is 12.7. The van der Waals surface area contributed by atoms with Crippen molar-refractivity contribution in [1.29, 1.82) is 0 Å². The van der Waals surface area contributed by atoms with Gasteiger partial charge in [0.25, 0.3) is 0 Å². The molecule has 0 aliphatic heterocycles. The highest BCUT2D eigenvalue weighted by Crippen LogP contribution is 2.51. The molecule has 0 amide bonds. The van der Waals surface area contributed by atoms with Crippen molar-refractivity contribution in [2.24, 2.45) is 11.1 Å². The van der Waals surface area contributed by atoms with E-state index in [2.05, 4.69) is 22.6 Å². The molecule has 5 nitrogen and oxygen atoms in total. The number of carbonyl (C=O) groups is 2. The molecule has 2 unspecified atom stereocenters. The highest BCUT2D eigenvalue weighted by molar-refractivity contribution is 14.1. The van der Waals surface area contributed by atoms with Crippen molar-refractivity contribution in [3.63, 3.8) is 0 Å².